The SMILES string of the molecule is CCOc1c(I)cc(/C=C2/SC(=Nc3cc(C)c(Br)c(C)c3)NC2=O)cc1OC. The third-order valence-corrected chi connectivity index (χ3v) is 7.10. The molecule has 5 nitrogen and oxygen atoms in total. The van der Waals surface area contributed by atoms with Crippen LogP contribution in [0.15, 0.2) is 38.6 Å². The van der Waals surface area contributed by atoms with Crippen LogP contribution >= 0.6 is 50.3 Å². The zero-order valence-electron chi connectivity index (χ0n) is 16.4. The standard InChI is InChI=1S/C21H20BrIN2O3S/c1-5-28-19-15(23)8-13(9-16(19)27-4)10-17-20(26)25-21(29-17)24-14-6-11(2)18(22)12(3)7-14/h6-10H,5H2,1-4H3,(H,24,25,26)/b17-10+. The van der Waals surface area contributed by atoms with Gasteiger partial charge in [-0.25, -0.2) is 4.99 Å². The summed E-state index contributed by atoms with van der Waals surface area (Å²) in [5.74, 6) is 1.19. The van der Waals surface area contributed by atoms with Crippen LogP contribution in [0.5, 0.6) is 11.5 Å². The molecule has 3 rings (SSSR count). The lowest BCUT2D eigenvalue weighted by atomic mass is 10.1. The van der Waals surface area contributed by atoms with Crippen molar-refractivity contribution in [2.75, 3.05) is 13.7 Å². The number of aryl methyl sites for hydroxylation is 2. The molecule has 8 heteroatoms. The second-order valence-corrected chi connectivity index (χ2v) is 9.33. The summed E-state index contributed by atoms with van der Waals surface area (Å²) in [5.41, 5.74) is 3.88. The molecule has 1 amide bonds. The highest BCUT2D eigenvalue weighted by molar-refractivity contribution is 14.1. The monoisotopic (exact) mass is 586 g/mol. The predicted octanol–water partition coefficient (Wildman–Crippen LogP) is 5.97. The first-order chi connectivity index (χ1) is 13.8. The molecule has 0 saturated carbocycles. The molecule has 0 spiro atoms. The second-order valence-electron chi connectivity index (χ2n) is 6.34. The van der Waals surface area contributed by atoms with E-state index in [-0.39, 0.29) is 5.91 Å². The van der Waals surface area contributed by atoms with Gasteiger partial charge in [-0.05, 0) is 102 Å². The van der Waals surface area contributed by atoms with Crippen molar-refractivity contribution in [1.29, 1.82) is 0 Å². The molecule has 0 radical (unpaired) electrons. The molecule has 152 valence electrons. The Morgan fingerprint density at radius 3 is 2.55 bits per heavy atom. The van der Waals surface area contributed by atoms with Gasteiger partial charge in [-0.15, -0.1) is 0 Å². The molecule has 0 aromatic heterocycles. The summed E-state index contributed by atoms with van der Waals surface area (Å²) in [4.78, 5) is 17.6. The van der Waals surface area contributed by atoms with Crippen molar-refractivity contribution in [3.63, 3.8) is 0 Å². The van der Waals surface area contributed by atoms with Gasteiger partial charge in [-0.3, -0.25) is 4.79 Å². The molecule has 2 aromatic carbocycles. The Morgan fingerprint density at radius 1 is 1.24 bits per heavy atom. The minimum atomic E-state index is -0.165. The topological polar surface area (TPSA) is 59.9 Å². The van der Waals surface area contributed by atoms with Crippen LogP contribution in [-0.2, 0) is 4.79 Å². The summed E-state index contributed by atoms with van der Waals surface area (Å²) in [7, 11) is 1.61. The summed E-state index contributed by atoms with van der Waals surface area (Å²) in [5, 5.41) is 3.40. The van der Waals surface area contributed by atoms with Crippen LogP contribution < -0.4 is 14.8 Å². The number of nitrogens with one attached hydrogen (secondary N) is 1. The highest BCUT2D eigenvalue weighted by Crippen LogP contribution is 2.36. The fourth-order valence-electron chi connectivity index (χ4n) is 2.84. The fourth-order valence-corrected chi connectivity index (χ4v) is 4.70. The van der Waals surface area contributed by atoms with Crippen LogP contribution in [0.2, 0.25) is 0 Å². The molecular formula is C21H20BrIN2O3S. The van der Waals surface area contributed by atoms with Gasteiger partial charge in [0.15, 0.2) is 16.7 Å². The summed E-state index contributed by atoms with van der Waals surface area (Å²) >= 11 is 7.09. The highest BCUT2D eigenvalue weighted by atomic mass is 127. The van der Waals surface area contributed by atoms with Crippen molar-refractivity contribution in [3.05, 3.63) is 53.9 Å². The molecule has 1 N–H and O–H groups in total. The maximum absolute atomic E-state index is 12.4. The Kier molecular flexibility index (Phi) is 7.28. The number of benzene rings is 2. The van der Waals surface area contributed by atoms with Crippen molar-refractivity contribution >= 4 is 73.1 Å². The summed E-state index contributed by atoms with van der Waals surface area (Å²) in [6.07, 6.45) is 1.83. The van der Waals surface area contributed by atoms with Gasteiger partial charge in [0.05, 0.1) is 27.9 Å². The number of rotatable bonds is 5. The Bertz CT molecular complexity index is 1010. The number of thioether (sulfide) groups is 1. The van der Waals surface area contributed by atoms with Gasteiger partial charge in [-0.2, -0.15) is 0 Å². The minimum Gasteiger partial charge on any atom is -0.493 e. The summed E-state index contributed by atoms with van der Waals surface area (Å²) in [6.45, 7) is 6.53. The first kappa shape index (κ1) is 22.2. The van der Waals surface area contributed by atoms with Crippen molar-refractivity contribution < 1.29 is 14.3 Å². The van der Waals surface area contributed by atoms with Crippen LogP contribution in [0.1, 0.15) is 23.6 Å². The second kappa shape index (κ2) is 9.53. The van der Waals surface area contributed by atoms with Crippen molar-refractivity contribution in [2.24, 2.45) is 4.99 Å². The zero-order valence-corrected chi connectivity index (χ0v) is 21.0. The number of methoxy groups -OCH3 is 1. The van der Waals surface area contributed by atoms with Gasteiger partial charge in [0.2, 0.25) is 0 Å². The number of halogens is 2. The van der Waals surface area contributed by atoms with E-state index in [9.17, 15) is 4.79 Å². The number of amidine groups is 1. The van der Waals surface area contributed by atoms with Crippen molar-refractivity contribution in [3.8, 4) is 11.5 Å². The predicted molar refractivity (Wildman–Crippen MR) is 131 cm³/mol. The van der Waals surface area contributed by atoms with E-state index in [0.717, 1.165) is 30.4 Å². The summed E-state index contributed by atoms with van der Waals surface area (Å²) in [6, 6.07) is 7.80. The van der Waals surface area contributed by atoms with Gasteiger partial charge in [0.1, 0.15) is 0 Å². The van der Waals surface area contributed by atoms with Gasteiger partial charge < -0.3 is 14.8 Å². The molecule has 1 aliphatic heterocycles. The van der Waals surface area contributed by atoms with Gasteiger partial charge >= 0.3 is 0 Å². The van der Waals surface area contributed by atoms with Crippen molar-refractivity contribution in [2.45, 2.75) is 20.8 Å². The number of nitrogens with zero attached hydrogens (tertiary/aromatic N) is 1. The molecule has 1 heterocycles. The lowest BCUT2D eigenvalue weighted by Gasteiger charge is -2.12. The highest BCUT2D eigenvalue weighted by Gasteiger charge is 2.24. The maximum Gasteiger partial charge on any atom is 0.264 e. The van der Waals surface area contributed by atoms with E-state index in [1.54, 1.807) is 7.11 Å². The van der Waals surface area contributed by atoms with E-state index in [0.29, 0.717) is 28.2 Å². The Labute approximate surface area is 196 Å². The first-order valence-electron chi connectivity index (χ1n) is 8.89. The fraction of sp³-hybridized carbons (Fsp3) is 0.238. The van der Waals surface area contributed by atoms with Crippen LogP contribution in [0.25, 0.3) is 6.08 Å². The molecular weight excluding hydrogens is 567 g/mol. The third kappa shape index (κ3) is 5.16. The molecule has 0 aliphatic carbocycles. The van der Waals surface area contributed by atoms with E-state index in [2.05, 4.69) is 48.8 Å². The zero-order chi connectivity index (χ0) is 21.1. The summed E-state index contributed by atoms with van der Waals surface area (Å²) < 4.78 is 13.1. The molecule has 2 aromatic rings. The molecule has 29 heavy (non-hydrogen) atoms. The Balaban J connectivity index is 1.89. The van der Waals surface area contributed by atoms with Crippen LogP contribution in [0.3, 0.4) is 0 Å². The van der Waals surface area contributed by atoms with E-state index < -0.39 is 0 Å². The number of hydrogen-bond donors (Lipinski definition) is 1. The maximum atomic E-state index is 12.4. The Hall–Kier alpha value is -1.52. The third-order valence-electron chi connectivity index (χ3n) is 4.14. The van der Waals surface area contributed by atoms with Crippen molar-refractivity contribution in [1.82, 2.24) is 5.32 Å². The molecule has 1 aliphatic rings. The smallest absolute Gasteiger partial charge is 0.264 e. The number of carbonyl (C=O) groups is 1. The minimum absolute atomic E-state index is 0.165. The molecule has 0 unspecified atom stereocenters. The lowest BCUT2D eigenvalue weighted by molar-refractivity contribution is -0.115. The Morgan fingerprint density at radius 2 is 1.93 bits per heavy atom. The molecule has 1 fully saturated rings. The van der Waals surface area contributed by atoms with Crippen LogP contribution in [0.4, 0.5) is 5.69 Å². The normalized spacial score (nSPS) is 16.4. The number of aliphatic imine (C=N–C) groups is 1. The van der Waals surface area contributed by atoms with E-state index >= 15 is 0 Å². The molecule has 0 bridgehead atoms. The van der Waals surface area contributed by atoms with Gasteiger partial charge in [0.25, 0.3) is 5.91 Å². The van der Waals surface area contributed by atoms with E-state index in [1.807, 2.05) is 51.1 Å². The number of amides is 1. The van der Waals surface area contributed by atoms with E-state index in [4.69, 9.17) is 9.47 Å². The average Bonchev–Trinajstić information content (AvgIpc) is 3.00. The van der Waals surface area contributed by atoms with Crippen LogP contribution in [-0.4, -0.2) is 24.8 Å². The largest absolute Gasteiger partial charge is 0.493 e. The molecule has 0 atom stereocenters. The quantitative estimate of drug-likeness (QED) is 0.346. The van der Waals surface area contributed by atoms with E-state index in [1.165, 1.54) is 11.8 Å². The number of ether oxygens (including phenoxy) is 2. The molecule has 1 saturated heterocycles. The van der Waals surface area contributed by atoms with Gasteiger partial charge in [-0.1, -0.05) is 15.9 Å². The number of hydrogen-bond acceptors (Lipinski definition) is 5. The average molecular weight is 587 g/mol. The first-order valence-corrected chi connectivity index (χ1v) is 11.6. The lowest BCUT2D eigenvalue weighted by Crippen LogP contribution is -2.19. The number of carbonyl (C=O) groups excluding carboxylic acids is 1. The van der Waals surface area contributed by atoms with Crippen LogP contribution in [0, 0.1) is 17.4 Å². The van der Waals surface area contributed by atoms with Gasteiger partial charge in [0, 0.05) is 4.47 Å².